The summed E-state index contributed by atoms with van der Waals surface area (Å²) in [6, 6.07) is 19.7. The SMILES string of the molecule is O[C@]1(CNCc2ccc(OCc3ccccn3)cc2)CCN(c2ccccn2)C1. The first-order valence-corrected chi connectivity index (χ1v) is 9.91. The monoisotopic (exact) mass is 390 g/mol. The summed E-state index contributed by atoms with van der Waals surface area (Å²) in [5.74, 6) is 1.74. The van der Waals surface area contributed by atoms with Crippen LogP contribution < -0.4 is 15.0 Å². The van der Waals surface area contributed by atoms with Gasteiger partial charge >= 0.3 is 0 Å². The van der Waals surface area contributed by atoms with Crippen molar-refractivity contribution in [3.8, 4) is 5.75 Å². The zero-order valence-corrected chi connectivity index (χ0v) is 16.4. The predicted octanol–water partition coefficient (Wildman–Crippen LogP) is 2.79. The number of hydrogen-bond donors (Lipinski definition) is 2. The van der Waals surface area contributed by atoms with E-state index in [-0.39, 0.29) is 0 Å². The van der Waals surface area contributed by atoms with Crippen molar-refractivity contribution in [2.75, 3.05) is 24.5 Å². The minimum atomic E-state index is -0.733. The molecular weight excluding hydrogens is 364 g/mol. The van der Waals surface area contributed by atoms with E-state index in [4.69, 9.17) is 4.74 Å². The van der Waals surface area contributed by atoms with Gasteiger partial charge in [0.15, 0.2) is 0 Å². The van der Waals surface area contributed by atoms with Crippen LogP contribution in [0.4, 0.5) is 5.82 Å². The molecule has 0 spiro atoms. The van der Waals surface area contributed by atoms with E-state index >= 15 is 0 Å². The molecule has 4 rings (SSSR count). The number of β-amino-alcohol motifs (C(OH)–C–C–N with tert-alkyl or cyclic N) is 1. The fourth-order valence-corrected chi connectivity index (χ4v) is 3.52. The lowest BCUT2D eigenvalue weighted by molar-refractivity contribution is 0.0626. The Labute approximate surface area is 171 Å². The summed E-state index contributed by atoms with van der Waals surface area (Å²) < 4.78 is 5.77. The summed E-state index contributed by atoms with van der Waals surface area (Å²) >= 11 is 0. The number of aliphatic hydroxyl groups is 1. The lowest BCUT2D eigenvalue weighted by Gasteiger charge is -2.24. The van der Waals surface area contributed by atoms with Gasteiger partial charge < -0.3 is 20.1 Å². The number of ether oxygens (including phenoxy) is 1. The molecule has 29 heavy (non-hydrogen) atoms. The van der Waals surface area contributed by atoms with Crippen molar-refractivity contribution in [3.05, 3.63) is 84.3 Å². The van der Waals surface area contributed by atoms with E-state index in [1.807, 2.05) is 60.7 Å². The van der Waals surface area contributed by atoms with Crippen molar-refractivity contribution in [2.45, 2.75) is 25.2 Å². The van der Waals surface area contributed by atoms with E-state index < -0.39 is 5.60 Å². The van der Waals surface area contributed by atoms with Crippen LogP contribution in [0.1, 0.15) is 17.7 Å². The summed E-state index contributed by atoms with van der Waals surface area (Å²) in [7, 11) is 0. The zero-order chi connectivity index (χ0) is 19.9. The number of pyridine rings is 2. The maximum Gasteiger partial charge on any atom is 0.130 e. The molecule has 0 radical (unpaired) electrons. The average Bonchev–Trinajstić information content (AvgIpc) is 3.17. The second-order valence-corrected chi connectivity index (χ2v) is 7.44. The third-order valence-corrected chi connectivity index (χ3v) is 5.12. The zero-order valence-electron chi connectivity index (χ0n) is 16.4. The van der Waals surface area contributed by atoms with E-state index in [0.29, 0.717) is 26.2 Å². The maximum absolute atomic E-state index is 10.9. The molecule has 150 valence electrons. The highest BCUT2D eigenvalue weighted by Gasteiger charge is 2.36. The van der Waals surface area contributed by atoms with E-state index in [1.54, 1.807) is 12.4 Å². The Morgan fingerprint density at radius 2 is 1.79 bits per heavy atom. The Morgan fingerprint density at radius 1 is 1.00 bits per heavy atom. The molecule has 6 nitrogen and oxygen atoms in total. The van der Waals surface area contributed by atoms with Crippen molar-refractivity contribution >= 4 is 5.82 Å². The number of rotatable bonds is 8. The molecule has 3 heterocycles. The second-order valence-electron chi connectivity index (χ2n) is 7.44. The van der Waals surface area contributed by atoms with Gasteiger partial charge in [-0.2, -0.15) is 0 Å². The molecule has 0 unspecified atom stereocenters. The molecule has 2 aromatic heterocycles. The van der Waals surface area contributed by atoms with Crippen LogP contribution in [0.5, 0.6) is 5.75 Å². The van der Waals surface area contributed by atoms with Crippen molar-refractivity contribution in [3.63, 3.8) is 0 Å². The number of nitrogens with one attached hydrogen (secondary N) is 1. The minimum Gasteiger partial charge on any atom is -0.487 e. The second kappa shape index (κ2) is 9.03. The lowest BCUT2D eigenvalue weighted by Crippen LogP contribution is -2.43. The highest BCUT2D eigenvalue weighted by atomic mass is 16.5. The fourth-order valence-electron chi connectivity index (χ4n) is 3.52. The van der Waals surface area contributed by atoms with Gasteiger partial charge in [-0.25, -0.2) is 4.98 Å². The Morgan fingerprint density at radius 3 is 2.52 bits per heavy atom. The summed E-state index contributed by atoms with van der Waals surface area (Å²) in [6.07, 6.45) is 4.28. The fraction of sp³-hybridized carbons (Fsp3) is 0.304. The summed E-state index contributed by atoms with van der Waals surface area (Å²) in [6.45, 7) is 3.12. The molecule has 2 N–H and O–H groups in total. The topological polar surface area (TPSA) is 70.5 Å². The molecule has 1 aliphatic heterocycles. The van der Waals surface area contributed by atoms with Gasteiger partial charge in [0.25, 0.3) is 0 Å². The number of nitrogens with zero attached hydrogens (tertiary/aromatic N) is 3. The molecule has 1 fully saturated rings. The van der Waals surface area contributed by atoms with E-state index in [2.05, 4.69) is 20.2 Å². The van der Waals surface area contributed by atoms with Gasteiger partial charge in [-0.1, -0.05) is 24.3 Å². The average molecular weight is 390 g/mol. The standard InChI is InChI=1S/C23H26N4O2/c28-23(11-14-27(18-23)22-6-2-4-13-26-22)17-24-15-19-7-9-21(10-8-19)29-16-20-5-1-3-12-25-20/h1-10,12-13,24,28H,11,14-18H2/t23-/m0/s1. The first-order chi connectivity index (χ1) is 14.2. The summed E-state index contributed by atoms with van der Waals surface area (Å²) in [5, 5.41) is 14.3. The first kappa shape index (κ1) is 19.4. The van der Waals surface area contributed by atoms with Crippen LogP contribution in [-0.2, 0) is 13.2 Å². The number of aromatic nitrogens is 2. The van der Waals surface area contributed by atoms with Gasteiger partial charge in [0.05, 0.1) is 11.3 Å². The molecule has 1 saturated heterocycles. The Hall–Kier alpha value is -2.96. The number of anilines is 1. The van der Waals surface area contributed by atoms with Crippen molar-refractivity contribution in [2.24, 2.45) is 0 Å². The molecule has 0 amide bonds. The van der Waals surface area contributed by atoms with Gasteiger partial charge in [0.1, 0.15) is 18.2 Å². The quantitative estimate of drug-likeness (QED) is 0.616. The molecule has 1 aliphatic rings. The lowest BCUT2D eigenvalue weighted by atomic mass is 10.0. The Bertz CT molecular complexity index is 890. The highest BCUT2D eigenvalue weighted by Crippen LogP contribution is 2.25. The van der Waals surface area contributed by atoms with E-state index in [9.17, 15) is 5.11 Å². The van der Waals surface area contributed by atoms with Gasteiger partial charge in [0, 0.05) is 38.6 Å². The van der Waals surface area contributed by atoms with Crippen LogP contribution in [0.25, 0.3) is 0 Å². The normalized spacial score (nSPS) is 18.7. The largest absolute Gasteiger partial charge is 0.487 e. The molecular formula is C23H26N4O2. The molecule has 6 heteroatoms. The van der Waals surface area contributed by atoms with Crippen LogP contribution in [-0.4, -0.2) is 40.3 Å². The van der Waals surface area contributed by atoms with Crippen LogP contribution in [0.3, 0.4) is 0 Å². The highest BCUT2D eigenvalue weighted by molar-refractivity contribution is 5.40. The van der Waals surface area contributed by atoms with E-state index in [0.717, 1.165) is 35.8 Å². The van der Waals surface area contributed by atoms with Gasteiger partial charge in [0.2, 0.25) is 0 Å². The van der Waals surface area contributed by atoms with Crippen LogP contribution in [0.2, 0.25) is 0 Å². The van der Waals surface area contributed by atoms with Gasteiger partial charge in [-0.3, -0.25) is 4.98 Å². The van der Waals surface area contributed by atoms with E-state index in [1.165, 1.54) is 0 Å². The van der Waals surface area contributed by atoms with Crippen molar-refractivity contribution in [1.29, 1.82) is 0 Å². The molecule has 0 aliphatic carbocycles. The predicted molar refractivity (Wildman–Crippen MR) is 113 cm³/mol. The molecule has 3 aromatic rings. The maximum atomic E-state index is 10.9. The number of hydrogen-bond acceptors (Lipinski definition) is 6. The van der Waals surface area contributed by atoms with Crippen LogP contribution in [0.15, 0.2) is 73.1 Å². The smallest absolute Gasteiger partial charge is 0.130 e. The van der Waals surface area contributed by atoms with Crippen molar-refractivity contribution < 1.29 is 9.84 Å². The summed E-state index contributed by atoms with van der Waals surface area (Å²) in [4.78, 5) is 10.8. The Balaban J connectivity index is 1.22. The summed E-state index contributed by atoms with van der Waals surface area (Å²) in [5.41, 5.74) is 1.32. The van der Waals surface area contributed by atoms with Crippen LogP contribution >= 0.6 is 0 Å². The van der Waals surface area contributed by atoms with Crippen LogP contribution in [0, 0.1) is 0 Å². The first-order valence-electron chi connectivity index (χ1n) is 9.91. The van der Waals surface area contributed by atoms with Gasteiger partial charge in [-0.05, 0) is 48.4 Å². The third kappa shape index (κ3) is 5.31. The molecule has 0 saturated carbocycles. The van der Waals surface area contributed by atoms with Crippen molar-refractivity contribution in [1.82, 2.24) is 15.3 Å². The molecule has 1 atom stereocenters. The Kier molecular flexibility index (Phi) is 6.03. The minimum absolute atomic E-state index is 0.457. The third-order valence-electron chi connectivity index (χ3n) is 5.12. The van der Waals surface area contributed by atoms with Gasteiger partial charge in [-0.15, -0.1) is 0 Å². The number of benzene rings is 1. The molecule has 0 bridgehead atoms. The molecule has 1 aromatic carbocycles.